The van der Waals surface area contributed by atoms with Crippen molar-refractivity contribution in [1.82, 2.24) is 9.97 Å². The Morgan fingerprint density at radius 1 is 1.07 bits per heavy atom. The molecule has 0 saturated heterocycles. The van der Waals surface area contributed by atoms with Crippen LogP contribution in [0.15, 0.2) is 65.7 Å². The van der Waals surface area contributed by atoms with Crippen LogP contribution >= 0.6 is 0 Å². The van der Waals surface area contributed by atoms with Crippen LogP contribution in [-0.4, -0.2) is 28.2 Å². The number of aromatic hydroxyl groups is 1. The second-order valence-corrected chi connectivity index (χ2v) is 6.46. The van der Waals surface area contributed by atoms with Crippen molar-refractivity contribution in [3.8, 4) is 22.6 Å². The molecule has 5 rings (SSSR count). The monoisotopic (exact) mass is 359 g/mol. The summed E-state index contributed by atoms with van der Waals surface area (Å²) in [6.45, 7) is 1.70. The fourth-order valence-electron chi connectivity index (χ4n) is 3.51. The first-order valence-electron chi connectivity index (χ1n) is 8.76. The van der Waals surface area contributed by atoms with Crippen LogP contribution in [0.3, 0.4) is 0 Å². The molecule has 4 aromatic rings. The Hall–Kier alpha value is -3.54. The first-order chi connectivity index (χ1) is 13.3. The van der Waals surface area contributed by atoms with Gasteiger partial charge in [-0.15, -0.1) is 0 Å². The van der Waals surface area contributed by atoms with Gasteiger partial charge < -0.3 is 19.2 Å². The smallest absolute Gasteiger partial charge is 0.166 e. The number of phenols is 1. The van der Waals surface area contributed by atoms with E-state index in [0.29, 0.717) is 25.4 Å². The number of phenolic OH excluding ortho intramolecular Hbond substituents is 1. The minimum absolute atomic E-state index is 0.141. The van der Waals surface area contributed by atoms with Crippen molar-refractivity contribution < 1.29 is 14.3 Å². The predicted octanol–water partition coefficient (Wildman–Crippen LogP) is 3.99. The topological polar surface area (TPSA) is 71.6 Å². The average molecular weight is 359 g/mol. The molecule has 0 atom stereocenters. The number of anilines is 1. The summed E-state index contributed by atoms with van der Waals surface area (Å²) in [5.41, 5.74) is 3.56. The lowest BCUT2D eigenvalue weighted by molar-refractivity contribution is 0.312. The third kappa shape index (κ3) is 2.75. The Morgan fingerprint density at radius 2 is 2.04 bits per heavy atom. The number of rotatable bonds is 2. The first kappa shape index (κ1) is 15.7. The summed E-state index contributed by atoms with van der Waals surface area (Å²) in [6, 6.07) is 11.4. The van der Waals surface area contributed by atoms with Crippen LogP contribution in [0.25, 0.3) is 22.1 Å². The number of hydrogen-bond donors (Lipinski definition) is 1. The summed E-state index contributed by atoms with van der Waals surface area (Å²) < 4.78 is 11.4. The highest BCUT2D eigenvalue weighted by Gasteiger charge is 2.22. The van der Waals surface area contributed by atoms with Gasteiger partial charge in [-0.2, -0.15) is 0 Å². The van der Waals surface area contributed by atoms with E-state index in [1.165, 1.54) is 0 Å². The molecule has 0 radical (unpaired) electrons. The zero-order valence-corrected chi connectivity index (χ0v) is 14.5. The highest BCUT2D eigenvalue weighted by molar-refractivity contribution is 5.88. The lowest BCUT2D eigenvalue weighted by Gasteiger charge is -2.21. The molecule has 27 heavy (non-hydrogen) atoms. The number of benzene rings is 1. The van der Waals surface area contributed by atoms with E-state index in [2.05, 4.69) is 14.9 Å². The van der Waals surface area contributed by atoms with Gasteiger partial charge >= 0.3 is 0 Å². The number of fused-ring (bicyclic) bond motifs is 2. The van der Waals surface area contributed by atoms with Crippen molar-refractivity contribution in [3.05, 3.63) is 66.8 Å². The molecule has 0 saturated carbocycles. The van der Waals surface area contributed by atoms with Gasteiger partial charge in [0, 0.05) is 36.3 Å². The zero-order chi connectivity index (χ0) is 18.2. The molecule has 1 aliphatic heterocycles. The SMILES string of the molecule is Oc1cc(-c2cccnc2)cc2c1OCCN(c1nccc3occc13)C2. The molecule has 6 nitrogen and oxygen atoms in total. The lowest BCUT2D eigenvalue weighted by atomic mass is 10.0. The summed E-state index contributed by atoms with van der Waals surface area (Å²) in [7, 11) is 0. The molecule has 1 aromatic carbocycles. The quantitative estimate of drug-likeness (QED) is 0.583. The third-order valence-electron chi connectivity index (χ3n) is 4.77. The fraction of sp³-hybridized carbons (Fsp3) is 0.143. The van der Waals surface area contributed by atoms with Gasteiger partial charge in [0.05, 0.1) is 18.2 Å². The molecule has 0 bridgehead atoms. The van der Waals surface area contributed by atoms with Crippen molar-refractivity contribution in [2.75, 3.05) is 18.1 Å². The highest BCUT2D eigenvalue weighted by Crippen LogP contribution is 2.38. The number of aromatic nitrogens is 2. The lowest BCUT2D eigenvalue weighted by Crippen LogP contribution is -2.26. The Labute approximate surface area is 155 Å². The van der Waals surface area contributed by atoms with Crippen LogP contribution in [0.1, 0.15) is 5.56 Å². The minimum atomic E-state index is 0.141. The number of hydrogen-bond acceptors (Lipinski definition) is 6. The van der Waals surface area contributed by atoms with Gasteiger partial charge in [-0.1, -0.05) is 6.07 Å². The van der Waals surface area contributed by atoms with Crippen LogP contribution < -0.4 is 9.64 Å². The second-order valence-electron chi connectivity index (χ2n) is 6.46. The van der Waals surface area contributed by atoms with Gasteiger partial charge in [0.2, 0.25) is 0 Å². The van der Waals surface area contributed by atoms with Gasteiger partial charge in [0.25, 0.3) is 0 Å². The van der Waals surface area contributed by atoms with Crippen LogP contribution in [0, 0.1) is 0 Å². The van der Waals surface area contributed by atoms with Gasteiger partial charge in [-0.05, 0) is 35.9 Å². The van der Waals surface area contributed by atoms with Gasteiger partial charge in [0.1, 0.15) is 18.0 Å². The van der Waals surface area contributed by atoms with E-state index in [4.69, 9.17) is 9.15 Å². The summed E-state index contributed by atoms with van der Waals surface area (Å²) in [5.74, 6) is 1.52. The van der Waals surface area contributed by atoms with E-state index in [1.54, 1.807) is 30.9 Å². The summed E-state index contributed by atoms with van der Waals surface area (Å²) in [6.07, 6.45) is 6.93. The molecule has 1 aliphatic rings. The maximum atomic E-state index is 10.5. The number of pyridine rings is 2. The Kier molecular flexibility index (Phi) is 3.67. The van der Waals surface area contributed by atoms with Crippen LogP contribution in [-0.2, 0) is 6.54 Å². The highest BCUT2D eigenvalue weighted by atomic mass is 16.5. The van der Waals surface area contributed by atoms with Crippen LogP contribution in [0.2, 0.25) is 0 Å². The van der Waals surface area contributed by atoms with Crippen molar-refractivity contribution in [2.24, 2.45) is 0 Å². The van der Waals surface area contributed by atoms with E-state index in [9.17, 15) is 5.11 Å². The maximum absolute atomic E-state index is 10.5. The van der Waals surface area contributed by atoms with Crippen molar-refractivity contribution in [1.29, 1.82) is 0 Å². The van der Waals surface area contributed by atoms with Gasteiger partial charge in [-0.25, -0.2) is 4.98 Å². The minimum Gasteiger partial charge on any atom is -0.504 e. The molecule has 0 fully saturated rings. The molecule has 134 valence electrons. The molecule has 1 N–H and O–H groups in total. The third-order valence-corrected chi connectivity index (χ3v) is 4.77. The van der Waals surface area contributed by atoms with Crippen molar-refractivity contribution in [3.63, 3.8) is 0 Å². The Balaban J connectivity index is 1.58. The van der Waals surface area contributed by atoms with E-state index in [0.717, 1.165) is 33.5 Å². The largest absolute Gasteiger partial charge is 0.504 e. The summed E-state index contributed by atoms with van der Waals surface area (Å²) >= 11 is 0. The first-order valence-corrected chi connectivity index (χ1v) is 8.76. The molecule has 4 heterocycles. The molecule has 3 aromatic heterocycles. The van der Waals surface area contributed by atoms with E-state index in [-0.39, 0.29) is 5.75 Å². The predicted molar refractivity (Wildman–Crippen MR) is 102 cm³/mol. The van der Waals surface area contributed by atoms with Crippen molar-refractivity contribution in [2.45, 2.75) is 6.54 Å². The molecule has 6 heteroatoms. The molecule has 0 unspecified atom stereocenters. The number of nitrogens with zero attached hydrogens (tertiary/aromatic N) is 3. The molecular weight excluding hydrogens is 342 g/mol. The van der Waals surface area contributed by atoms with E-state index in [1.807, 2.05) is 30.3 Å². The van der Waals surface area contributed by atoms with E-state index >= 15 is 0 Å². The van der Waals surface area contributed by atoms with Crippen LogP contribution in [0.5, 0.6) is 11.5 Å². The molecule has 0 spiro atoms. The normalized spacial score (nSPS) is 13.9. The molecular formula is C21H17N3O3. The fourth-order valence-corrected chi connectivity index (χ4v) is 3.51. The Bertz CT molecular complexity index is 1110. The zero-order valence-electron chi connectivity index (χ0n) is 14.5. The maximum Gasteiger partial charge on any atom is 0.166 e. The Morgan fingerprint density at radius 3 is 2.93 bits per heavy atom. The van der Waals surface area contributed by atoms with Gasteiger partial charge in [0.15, 0.2) is 11.5 Å². The standard InChI is InChI=1S/C21H17N3O3/c25-18-11-15(14-2-1-5-22-12-14)10-16-13-24(7-9-27-20(16)18)21-17-4-8-26-19(17)3-6-23-21/h1-6,8,10-12,25H,7,9,13H2. The average Bonchev–Trinajstić information content (AvgIpc) is 3.08. The molecule has 0 amide bonds. The number of ether oxygens (including phenoxy) is 1. The molecule has 0 aliphatic carbocycles. The van der Waals surface area contributed by atoms with Crippen LogP contribution in [0.4, 0.5) is 5.82 Å². The summed E-state index contributed by atoms with van der Waals surface area (Å²) in [5, 5.41) is 11.5. The number of furan rings is 1. The van der Waals surface area contributed by atoms with Gasteiger partial charge in [-0.3, -0.25) is 4.98 Å². The second kappa shape index (κ2) is 6.32. The summed E-state index contributed by atoms with van der Waals surface area (Å²) in [4.78, 5) is 10.9. The van der Waals surface area contributed by atoms with E-state index < -0.39 is 0 Å². The van der Waals surface area contributed by atoms with Crippen molar-refractivity contribution >= 4 is 16.8 Å².